The standard InChI is InChI=1S/C20H23N3O4S/c1-13-8-16(27-2)5-6-18(13)20(24)23-12-14-9-15(23)10-19(14)22-28(25,26)17-4-3-7-21-11-17/h3-8,11,14-15,19,22H,9-10,12H2,1-2H3/t14-,15-,19-/m0/s1. The molecule has 148 valence electrons. The van der Waals surface area contributed by atoms with Crippen LogP contribution in [0.3, 0.4) is 0 Å². The molecule has 0 unspecified atom stereocenters. The van der Waals surface area contributed by atoms with Crippen LogP contribution in [0.15, 0.2) is 47.6 Å². The van der Waals surface area contributed by atoms with Crippen molar-refractivity contribution in [3.63, 3.8) is 0 Å². The zero-order chi connectivity index (χ0) is 19.9. The van der Waals surface area contributed by atoms with E-state index in [0.29, 0.717) is 18.5 Å². The van der Waals surface area contributed by atoms with Crippen LogP contribution in [0.2, 0.25) is 0 Å². The molecule has 28 heavy (non-hydrogen) atoms. The third-order valence-corrected chi connectivity index (χ3v) is 7.19. The Bertz CT molecular complexity index is 994. The number of rotatable bonds is 5. The number of aromatic nitrogens is 1. The molecule has 4 rings (SSSR count). The van der Waals surface area contributed by atoms with Crippen molar-refractivity contribution in [2.24, 2.45) is 5.92 Å². The van der Waals surface area contributed by atoms with Crippen molar-refractivity contribution in [2.45, 2.75) is 36.7 Å². The highest BCUT2D eigenvalue weighted by Crippen LogP contribution is 2.39. The number of sulfonamides is 1. The van der Waals surface area contributed by atoms with Crippen molar-refractivity contribution in [3.05, 3.63) is 53.9 Å². The van der Waals surface area contributed by atoms with Gasteiger partial charge in [-0.05, 0) is 61.6 Å². The average molecular weight is 401 g/mol. The second kappa shape index (κ2) is 7.18. The number of amides is 1. The first-order chi connectivity index (χ1) is 13.4. The number of nitrogens with one attached hydrogen (secondary N) is 1. The molecular formula is C20H23N3O4S. The van der Waals surface area contributed by atoms with Gasteiger partial charge in [0.2, 0.25) is 10.0 Å². The van der Waals surface area contributed by atoms with Gasteiger partial charge in [0.15, 0.2) is 0 Å². The number of methoxy groups -OCH3 is 1. The van der Waals surface area contributed by atoms with Crippen LogP contribution < -0.4 is 9.46 Å². The molecule has 1 aromatic heterocycles. The van der Waals surface area contributed by atoms with Gasteiger partial charge in [0.1, 0.15) is 10.6 Å². The zero-order valence-corrected chi connectivity index (χ0v) is 16.6. The predicted molar refractivity (Wildman–Crippen MR) is 104 cm³/mol. The fourth-order valence-corrected chi connectivity index (χ4v) is 5.56. The number of aryl methyl sites for hydroxylation is 1. The summed E-state index contributed by atoms with van der Waals surface area (Å²) in [5.74, 6) is 0.849. The molecule has 2 bridgehead atoms. The zero-order valence-electron chi connectivity index (χ0n) is 15.8. The van der Waals surface area contributed by atoms with E-state index in [9.17, 15) is 13.2 Å². The number of fused-ring (bicyclic) bond motifs is 2. The van der Waals surface area contributed by atoms with Gasteiger partial charge in [-0.15, -0.1) is 0 Å². The van der Waals surface area contributed by atoms with Crippen LogP contribution in [0.1, 0.15) is 28.8 Å². The van der Waals surface area contributed by atoms with Gasteiger partial charge < -0.3 is 9.64 Å². The summed E-state index contributed by atoms with van der Waals surface area (Å²) in [6.07, 6.45) is 4.34. The fraction of sp³-hybridized carbons (Fsp3) is 0.400. The summed E-state index contributed by atoms with van der Waals surface area (Å²) in [4.78, 5) is 18.9. The van der Waals surface area contributed by atoms with Crippen LogP contribution in [0.25, 0.3) is 0 Å². The number of hydrogen-bond acceptors (Lipinski definition) is 5. The van der Waals surface area contributed by atoms with Crippen LogP contribution >= 0.6 is 0 Å². The van der Waals surface area contributed by atoms with Crippen LogP contribution in [0, 0.1) is 12.8 Å². The first-order valence-electron chi connectivity index (χ1n) is 9.27. The number of pyridine rings is 1. The van der Waals surface area contributed by atoms with Crippen molar-refractivity contribution in [2.75, 3.05) is 13.7 Å². The Kier molecular flexibility index (Phi) is 4.84. The molecule has 8 heteroatoms. The summed E-state index contributed by atoms with van der Waals surface area (Å²) in [6, 6.07) is 8.48. The maximum atomic E-state index is 13.0. The lowest BCUT2D eigenvalue weighted by Gasteiger charge is -2.32. The van der Waals surface area contributed by atoms with Crippen LogP contribution in [-0.4, -0.2) is 49.9 Å². The van der Waals surface area contributed by atoms with Gasteiger partial charge in [0.25, 0.3) is 5.91 Å². The molecule has 0 spiro atoms. The molecule has 1 aliphatic carbocycles. The maximum absolute atomic E-state index is 13.0. The first-order valence-corrected chi connectivity index (χ1v) is 10.8. The molecule has 1 amide bonds. The van der Waals surface area contributed by atoms with Crippen molar-refractivity contribution < 1.29 is 17.9 Å². The molecule has 1 saturated carbocycles. The summed E-state index contributed by atoms with van der Waals surface area (Å²) < 4.78 is 33.1. The highest BCUT2D eigenvalue weighted by Gasteiger charge is 2.47. The van der Waals surface area contributed by atoms with E-state index in [1.807, 2.05) is 17.9 Å². The lowest BCUT2D eigenvalue weighted by Crippen LogP contribution is -2.47. The third-order valence-electron chi connectivity index (χ3n) is 5.72. The average Bonchev–Trinajstić information content (AvgIpc) is 3.28. The number of carbonyl (C=O) groups excluding carboxylic acids is 1. The minimum absolute atomic E-state index is 0.00113. The highest BCUT2D eigenvalue weighted by molar-refractivity contribution is 7.89. The predicted octanol–water partition coefficient (Wildman–Crippen LogP) is 1.98. The SMILES string of the molecule is COc1ccc(C(=O)N2C[C@@H]3C[C@H]2C[C@@H]3NS(=O)(=O)c2cccnc2)c(C)c1. The molecule has 2 aromatic rings. The van der Waals surface area contributed by atoms with Gasteiger partial charge in [-0.3, -0.25) is 9.78 Å². The van der Waals surface area contributed by atoms with Crippen molar-refractivity contribution in [1.29, 1.82) is 0 Å². The first kappa shape index (κ1) is 18.9. The lowest BCUT2D eigenvalue weighted by atomic mass is 10.0. The summed E-state index contributed by atoms with van der Waals surface area (Å²) in [7, 11) is -2.00. The van der Waals surface area contributed by atoms with E-state index in [2.05, 4.69) is 9.71 Å². The van der Waals surface area contributed by atoms with Crippen LogP contribution in [0.4, 0.5) is 0 Å². The van der Waals surface area contributed by atoms with Crippen LogP contribution in [0.5, 0.6) is 5.75 Å². The van der Waals surface area contributed by atoms with Crippen molar-refractivity contribution in [3.8, 4) is 5.75 Å². The molecule has 1 saturated heterocycles. The smallest absolute Gasteiger partial charge is 0.254 e. The molecule has 2 aliphatic rings. The van der Waals surface area contributed by atoms with E-state index in [-0.39, 0.29) is 28.8 Å². The monoisotopic (exact) mass is 401 g/mol. The number of ether oxygens (including phenoxy) is 1. The number of hydrogen-bond donors (Lipinski definition) is 1. The molecule has 2 heterocycles. The van der Waals surface area contributed by atoms with E-state index < -0.39 is 10.0 Å². The Morgan fingerprint density at radius 3 is 2.71 bits per heavy atom. The van der Waals surface area contributed by atoms with Gasteiger partial charge in [0, 0.05) is 36.6 Å². The van der Waals surface area contributed by atoms with Gasteiger partial charge in [-0.25, -0.2) is 13.1 Å². The molecule has 0 radical (unpaired) electrons. The van der Waals surface area contributed by atoms with Gasteiger partial charge >= 0.3 is 0 Å². The summed E-state index contributed by atoms with van der Waals surface area (Å²) >= 11 is 0. The summed E-state index contributed by atoms with van der Waals surface area (Å²) in [5, 5.41) is 0. The number of piperidine rings is 1. The summed E-state index contributed by atoms with van der Waals surface area (Å²) in [5.41, 5.74) is 1.54. The molecule has 3 atom stereocenters. The largest absolute Gasteiger partial charge is 0.497 e. The van der Waals surface area contributed by atoms with E-state index in [4.69, 9.17) is 4.74 Å². The highest BCUT2D eigenvalue weighted by atomic mass is 32.2. The molecule has 7 nitrogen and oxygen atoms in total. The Morgan fingerprint density at radius 2 is 2.11 bits per heavy atom. The quantitative estimate of drug-likeness (QED) is 0.828. The minimum atomic E-state index is -3.60. The number of carbonyl (C=O) groups is 1. The molecule has 1 aromatic carbocycles. The second-order valence-electron chi connectivity index (χ2n) is 7.44. The minimum Gasteiger partial charge on any atom is -0.497 e. The number of benzene rings is 1. The normalized spacial score (nSPS) is 23.8. The van der Waals surface area contributed by atoms with Crippen LogP contribution in [-0.2, 0) is 10.0 Å². The molecular weight excluding hydrogens is 378 g/mol. The third kappa shape index (κ3) is 3.38. The summed E-state index contributed by atoms with van der Waals surface area (Å²) in [6.45, 7) is 2.46. The Labute approximate surface area is 164 Å². The number of likely N-dealkylation sites (tertiary alicyclic amines) is 1. The van der Waals surface area contributed by atoms with Gasteiger partial charge in [-0.1, -0.05) is 0 Å². The van der Waals surface area contributed by atoms with E-state index in [1.54, 1.807) is 31.5 Å². The van der Waals surface area contributed by atoms with Gasteiger partial charge in [0.05, 0.1) is 7.11 Å². The Morgan fingerprint density at radius 1 is 1.29 bits per heavy atom. The fourth-order valence-electron chi connectivity index (χ4n) is 4.28. The number of nitrogens with zero attached hydrogens (tertiary/aromatic N) is 2. The van der Waals surface area contributed by atoms with Crippen molar-refractivity contribution >= 4 is 15.9 Å². The molecule has 1 aliphatic heterocycles. The Balaban J connectivity index is 1.45. The topological polar surface area (TPSA) is 88.6 Å². The lowest BCUT2D eigenvalue weighted by molar-refractivity contribution is 0.0690. The second-order valence-corrected chi connectivity index (χ2v) is 9.15. The Hall–Kier alpha value is -2.45. The molecule has 1 N–H and O–H groups in total. The van der Waals surface area contributed by atoms with E-state index >= 15 is 0 Å². The van der Waals surface area contributed by atoms with E-state index in [0.717, 1.165) is 17.7 Å². The van der Waals surface area contributed by atoms with Gasteiger partial charge in [-0.2, -0.15) is 0 Å². The maximum Gasteiger partial charge on any atom is 0.254 e. The van der Waals surface area contributed by atoms with Crippen molar-refractivity contribution in [1.82, 2.24) is 14.6 Å². The van der Waals surface area contributed by atoms with E-state index in [1.165, 1.54) is 12.3 Å². The molecule has 2 fully saturated rings.